The minimum Gasteiger partial charge on any atom is -0.315 e. The van der Waals surface area contributed by atoms with Crippen LogP contribution in [-0.2, 0) is 6.54 Å². The Morgan fingerprint density at radius 2 is 2.25 bits per heavy atom. The Kier molecular flexibility index (Phi) is 2.61. The summed E-state index contributed by atoms with van der Waals surface area (Å²) >= 11 is 0. The zero-order chi connectivity index (χ0) is 11.0. The average molecular weight is 218 g/mol. The lowest BCUT2D eigenvalue weighted by atomic mass is 10.1. The van der Waals surface area contributed by atoms with Crippen LogP contribution < -0.4 is 5.32 Å². The van der Waals surface area contributed by atoms with Crippen molar-refractivity contribution in [3.8, 4) is 0 Å². The van der Waals surface area contributed by atoms with E-state index in [4.69, 9.17) is 0 Å². The minimum absolute atomic E-state index is 0.724. The highest BCUT2D eigenvalue weighted by atomic mass is 15.2. The molecule has 1 N–H and O–H groups in total. The molecule has 2 aliphatic rings. The lowest BCUT2D eigenvalue weighted by Gasteiger charge is -2.22. The molecule has 0 bridgehead atoms. The molecule has 2 fully saturated rings. The summed E-state index contributed by atoms with van der Waals surface area (Å²) < 4.78 is 0. The second-order valence-electron chi connectivity index (χ2n) is 4.83. The van der Waals surface area contributed by atoms with Crippen molar-refractivity contribution in [3.05, 3.63) is 23.8 Å². The van der Waals surface area contributed by atoms with Crippen molar-refractivity contribution in [3.63, 3.8) is 0 Å². The number of hydrogen-bond donors (Lipinski definition) is 1. The van der Waals surface area contributed by atoms with E-state index in [1.54, 1.807) is 12.4 Å². The monoisotopic (exact) mass is 218 g/mol. The third kappa shape index (κ3) is 1.72. The molecule has 0 radical (unpaired) electrons. The molecule has 0 aromatic carbocycles. The normalized spacial score (nSPS) is 29.6. The van der Waals surface area contributed by atoms with Gasteiger partial charge in [0.1, 0.15) is 0 Å². The van der Waals surface area contributed by atoms with Crippen LogP contribution in [0.15, 0.2) is 12.4 Å². The summed E-state index contributed by atoms with van der Waals surface area (Å²) in [5, 5.41) is 3.48. The van der Waals surface area contributed by atoms with E-state index in [9.17, 15) is 0 Å². The van der Waals surface area contributed by atoms with Gasteiger partial charge in [0.2, 0.25) is 0 Å². The second kappa shape index (κ2) is 4.11. The number of aromatic nitrogens is 2. The largest absolute Gasteiger partial charge is 0.315 e. The first-order valence-electron chi connectivity index (χ1n) is 6.06. The number of hydrogen-bond acceptors (Lipinski definition) is 4. The molecular weight excluding hydrogens is 200 g/mol. The van der Waals surface area contributed by atoms with E-state index in [1.165, 1.54) is 19.5 Å². The first-order valence-corrected chi connectivity index (χ1v) is 6.06. The predicted molar refractivity (Wildman–Crippen MR) is 61.9 cm³/mol. The molecule has 2 atom stereocenters. The van der Waals surface area contributed by atoms with E-state index < -0.39 is 0 Å². The maximum atomic E-state index is 4.43. The SMILES string of the molecule is Cc1nccnc1CN1CC[C@H]2CNC[C@H]21. The Bertz CT molecular complexity index is 379. The summed E-state index contributed by atoms with van der Waals surface area (Å²) in [7, 11) is 0. The van der Waals surface area contributed by atoms with E-state index in [0.29, 0.717) is 0 Å². The van der Waals surface area contributed by atoms with Crippen LogP contribution in [-0.4, -0.2) is 40.5 Å². The van der Waals surface area contributed by atoms with Gasteiger partial charge in [-0.1, -0.05) is 0 Å². The molecule has 3 heterocycles. The molecule has 0 unspecified atom stereocenters. The smallest absolute Gasteiger partial charge is 0.0756 e. The standard InChI is InChI=1S/C12H18N4/c1-9-11(15-4-3-14-9)8-16-5-2-10-6-13-7-12(10)16/h3-4,10,12-13H,2,5-8H2,1H3/t10-,12+/m0/s1. The Morgan fingerprint density at radius 1 is 1.38 bits per heavy atom. The number of nitrogens with zero attached hydrogens (tertiary/aromatic N) is 3. The zero-order valence-corrected chi connectivity index (χ0v) is 9.69. The summed E-state index contributed by atoms with van der Waals surface area (Å²) in [4.78, 5) is 11.3. The Morgan fingerprint density at radius 3 is 3.12 bits per heavy atom. The van der Waals surface area contributed by atoms with Gasteiger partial charge in [-0.25, -0.2) is 0 Å². The summed E-state index contributed by atoms with van der Waals surface area (Å²) in [5.41, 5.74) is 2.20. The highest BCUT2D eigenvalue weighted by molar-refractivity contribution is 5.09. The van der Waals surface area contributed by atoms with Crippen LogP contribution in [0, 0.1) is 12.8 Å². The number of fused-ring (bicyclic) bond motifs is 1. The molecule has 16 heavy (non-hydrogen) atoms. The molecule has 0 saturated carbocycles. The molecule has 0 aliphatic carbocycles. The molecule has 1 aromatic rings. The van der Waals surface area contributed by atoms with Crippen molar-refractivity contribution >= 4 is 0 Å². The molecule has 4 heteroatoms. The topological polar surface area (TPSA) is 41.1 Å². The lowest BCUT2D eigenvalue weighted by molar-refractivity contribution is 0.240. The maximum absolute atomic E-state index is 4.43. The van der Waals surface area contributed by atoms with E-state index in [-0.39, 0.29) is 0 Å². The van der Waals surface area contributed by atoms with E-state index in [2.05, 4.69) is 20.2 Å². The van der Waals surface area contributed by atoms with Crippen molar-refractivity contribution in [2.45, 2.75) is 25.9 Å². The fourth-order valence-corrected chi connectivity index (χ4v) is 2.92. The van der Waals surface area contributed by atoms with E-state index >= 15 is 0 Å². The fourth-order valence-electron chi connectivity index (χ4n) is 2.92. The molecule has 2 aliphatic heterocycles. The number of rotatable bonds is 2. The van der Waals surface area contributed by atoms with Gasteiger partial charge in [0.05, 0.1) is 11.4 Å². The fraction of sp³-hybridized carbons (Fsp3) is 0.667. The van der Waals surface area contributed by atoms with Gasteiger partial charge in [-0.05, 0) is 32.4 Å². The Labute approximate surface area is 96.1 Å². The van der Waals surface area contributed by atoms with Gasteiger partial charge in [-0.2, -0.15) is 0 Å². The molecular formula is C12H18N4. The van der Waals surface area contributed by atoms with Gasteiger partial charge in [0.25, 0.3) is 0 Å². The van der Waals surface area contributed by atoms with Gasteiger partial charge in [-0.3, -0.25) is 14.9 Å². The quantitative estimate of drug-likeness (QED) is 0.788. The van der Waals surface area contributed by atoms with Gasteiger partial charge in [0.15, 0.2) is 0 Å². The molecule has 2 saturated heterocycles. The van der Waals surface area contributed by atoms with Crippen molar-refractivity contribution in [1.29, 1.82) is 0 Å². The van der Waals surface area contributed by atoms with Crippen molar-refractivity contribution in [2.75, 3.05) is 19.6 Å². The van der Waals surface area contributed by atoms with Gasteiger partial charge < -0.3 is 5.32 Å². The molecule has 0 spiro atoms. The lowest BCUT2D eigenvalue weighted by Crippen LogP contribution is -2.34. The van der Waals surface area contributed by atoms with Crippen LogP contribution in [0.5, 0.6) is 0 Å². The Hall–Kier alpha value is -1.00. The van der Waals surface area contributed by atoms with Crippen molar-refractivity contribution in [2.24, 2.45) is 5.92 Å². The zero-order valence-electron chi connectivity index (χ0n) is 9.69. The van der Waals surface area contributed by atoms with Gasteiger partial charge in [-0.15, -0.1) is 0 Å². The highest BCUT2D eigenvalue weighted by Gasteiger charge is 2.37. The summed E-state index contributed by atoms with van der Waals surface area (Å²) in [6.45, 7) is 6.56. The number of nitrogens with one attached hydrogen (secondary N) is 1. The first kappa shape index (κ1) is 10.2. The van der Waals surface area contributed by atoms with Crippen LogP contribution in [0.1, 0.15) is 17.8 Å². The summed E-state index contributed by atoms with van der Waals surface area (Å²) in [6, 6.07) is 0.724. The van der Waals surface area contributed by atoms with Crippen molar-refractivity contribution < 1.29 is 0 Å². The van der Waals surface area contributed by atoms with E-state index in [0.717, 1.165) is 36.4 Å². The van der Waals surface area contributed by atoms with Crippen molar-refractivity contribution in [1.82, 2.24) is 20.2 Å². The number of likely N-dealkylation sites (tertiary alicyclic amines) is 1. The third-order valence-electron chi connectivity index (χ3n) is 3.90. The summed E-state index contributed by atoms with van der Waals surface area (Å²) in [5.74, 6) is 0.858. The average Bonchev–Trinajstić information content (AvgIpc) is 2.86. The minimum atomic E-state index is 0.724. The van der Waals surface area contributed by atoms with Crippen LogP contribution in [0.2, 0.25) is 0 Å². The molecule has 4 nitrogen and oxygen atoms in total. The molecule has 0 amide bonds. The first-order chi connectivity index (χ1) is 7.84. The molecule has 1 aromatic heterocycles. The summed E-state index contributed by atoms with van der Waals surface area (Å²) in [6.07, 6.45) is 4.89. The highest BCUT2D eigenvalue weighted by Crippen LogP contribution is 2.28. The van der Waals surface area contributed by atoms with Gasteiger partial charge in [0, 0.05) is 31.5 Å². The van der Waals surface area contributed by atoms with Crippen LogP contribution in [0.3, 0.4) is 0 Å². The van der Waals surface area contributed by atoms with Crippen LogP contribution in [0.25, 0.3) is 0 Å². The van der Waals surface area contributed by atoms with Crippen LogP contribution in [0.4, 0.5) is 0 Å². The Balaban J connectivity index is 1.73. The van der Waals surface area contributed by atoms with Gasteiger partial charge >= 0.3 is 0 Å². The molecule has 3 rings (SSSR count). The second-order valence-corrected chi connectivity index (χ2v) is 4.83. The number of aryl methyl sites for hydroxylation is 1. The maximum Gasteiger partial charge on any atom is 0.0756 e. The van der Waals surface area contributed by atoms with Crippen LogP contribution >= 0.6 is 0 Å². The predicted octanol–water partition coefficient (Wildman–Crippen LogP) is 0.579. The third-order valence-corrected chi connectivity index (χ3v) is 3.90. The molecule has 86 valence electrons. The van der Waals surface area contributed by atoms with E-state index in [1.807, 2.05) is 6.92 Å².